The van der Waals surface area contributed by atoms with Crippen LogP contribution in [-0.4, -0.2) is 33.5 Å². The molecule has 0 aromatic carbocycles. The van der Waals surface area contributed by atoms with E-state index in [9.17, 15) is 9.36 Å². The summed E-state index contributed by atoms with van der Waals surface area (Å²) in [5.74, 6) is 0.620. The Morgan fingerprint density at radius 3 is 1.60 bits per heavy atom. The molecule has 150 valence electrons. The van der Waals surface area contributed by atoms with Crippen LogP contribution in [0.2, 0.25) is 4.82 Å². The van der Waals surface area contributed by atoms with Gasteiger partial charge < -0.3 is 0 Å². The van der Waals surface area contributed by atoms with E-state index in [1.165, 1.54) is 0 Å². The van der Waals surface area contributed by atoms with Crippen molar-refractivity contribution in [2.75, 3.05) is 13.2 Å². The summed E-state index contributed by atoms with van der Waals surface area (Å²) in [5.41, 5.74) is -0.210. The average molecular weight is 441 g/mol. The van der Waals surface area contributed by atoms with Gasteiger partial charge in [0.15, 0.2) is 0 Å². The van der Waals surface area contributed by atoms with Gasteiger partial charge in [-0.2, -0.15) is 0 Å². The van der Waals surface area contributed by atoms with Gasteiger partial charge in [-0.1, -0.05) is 0 Å². The van der Waals surface area contributed by atoms with Crippen molar-refractivity contribution in [3.05, 3.63) is 0 Å². The zero-order valence-corrected chi connectivity index (χ0v) is 20.4. The van der Waals surface area contributed by atoms with E-state index in [0.717, 1.165) is 0 Å². The summed E-state index contributed by atoms with van der Waals surface area (Å²) in [5, 5.41) is 0. The van der Waals surface area contributed by atoms with Crippen LogP contribution in [0.4, 0.5) is 0 Å². The third kappa shape index (κ3) is 12.4. The number of carbonyl (C=O) groups excluding carboxylic acids is 1. The van der Waals surface area contributed by atoms with Crippen molar-refractivity contribution in [2.45, 2.75) is 80.5 Å². The van der Waals surface area contributed by atoms with Crippen molar-refractivity contribution < 1.29 is 18.4 Å². The second-order valence-electron chi connectivity index (χ2n) is 9.95. The summed E-state index contributed by atoms with van der Waals surface area (Å²) in [4.78, 5) is 12.4. The summed E-state index contributed by atoms with van der Waals surface area (Å²) in [6.07, 6.45) is -2.76. The van der Waals surface area contributed by atoms with Gasteiger partial charge in [0.25, 0.3) is 0 Å². The monoisotopic (exact) mass is 442 g/mol. The Kier molecular flexibility index (Phi) is 10.2. The minimum atomic E-state index is -3.28. The molecule has 0 aromatic rings. The Morgan fingerprint density at radius 2 is 1.32 bits per heavy atom. The Labute approximate surface area is 161 Å². The van der Waals surface area contributed by atoms with Gasteiger partial charge in [-0.25, -0.2) is 0 Å². The fourth-order valence-electron chi connectivity index (χ4n) is 1.85. The molecule has 0 spiro atoms. The SMILES string of the molecule is CC(C)CC(=O)C([Se]P(=O)(OCC(C)(C)C)OCC(C)(C)C)C(C)C. The number of hydrogen-bond acceptors (Lipinski definition) is 4. The molecular formula is C19H39O4PSe. The van der Waals surface area contributed by atoms with E-state index in [2.05, 4.69) is 0 Å². The average Bonchev–Trinajstić information content (AvgIpc) is 2.38. The molecular weight excluding hydrogens is 402 g/mol. The van der Waals surface area contributed by atoms with E-state index < -0.39 is 20.8 Å². The van der Waals surface area contributed by atoms with Crippen LogP contribution in [0.15, 0.2) is 0 Å². The van der Waals surface area contributed by atoms with Gasteiger partial charge in [0.1, 0.15) is 0 Å². The summed E-state index contributed by atoms with van der Waals surface area (Å²) in [7, 11) is 0. The van der Waals surface area contributed by atoms with Crippen LogP contribution in [0.1, 0.15) is 75.7 Å². The first-order valence-corrected chi connectivity index (χ1v) is 13.9. The summed E-state index contributed by atoms with van der Waals surface area (Å²) >= 11 is -0.524. The molecule has 1 atom stereocenters. The normalized spacial score (nSPS) is 15.0. The molecule has 0 radical (unpaired) electrons. The number of hydrogen-bond donors (Lipinski definition) is 0. The maximum atomic E-state index is 13.4. The van der Waals surface area contributed by atoms with Crippen LogP contribution in [-0.2, 0) is 18.4 Å². The second kappa shape index (κ2) is 10.0. The quantitative estimate of drug-likeness (QED) is 0.309. The summed E-state index contributed by atoms with van der Waals surface area (Å²) < 4.78 is 25.1. The van der Waals surface area contributed by atoms with E-state index >= 15 is 0 Å². The van der Waals surface area contributed by atoms with Crippen molar-refractivity contribution in [1.29, 1.82) is 0 Å². The standard InChI is InChI=1S/C19H39O4PSe/c1-14(2)11-16(20)17(15(3)4)25-24(21,22-12-18(5,6)7)23-13-19(8,9)10/h14-15,17H,11-13H2,1-10H3. The number of rotatable bonds is 10. The van der Waals surface area contributed by atoms with Crippen LogP contribution in [0.5, 0.6) is 0 Å². The first kappa shape index (κ1) is 25.3. The first-order chi connectivity index (χ1) is 11.0. The van der Waals surface area contributed by atoms with Crippen molar-refractivity contribution in [2.24, 2.45) is 22.7 Å². The zero-order chi connectivity index (χ0) is 20.1. The van der Waals surface area contributed by atoms with E-state index in [1.54, 1.807) is 0 Å². The van der Waals surface area contributed by atoms with Gasteiger partial charge in [0.05, 0.1) is 0 Å². The van der Waals surface area contributed by atoms with E-state index in [0.29, 0.717) is 25.6 Å². The van der Waals surface area contributed by atoms with Gasteiger partial charge in [-0.05, 0) is 0 Å². The Bertz CT molecular complexity index is 439. The molecule has 0 heterocycles. The zero-order valence-electron chi connectivity index (χ0n) is 17.8. The second-order valence-corrected chi connectivity index (χ2v) is 16.8. The molecule has 0 saturated heterocycles. The summed E-state index contributed by atoms with van der Waals surface area (Å²) in [6.45, 7) is 21.1. The number of carbonyl (C=O) groups is 1. The molecule has 0 N–H and O–H groups in total. The molecule has 1 unspecified atom stereocenters. The Morgan fingerprint density at radius 1 is 0.920 bits per heavy atom. The molecule has 0 aliphatic heterocycles. The van der Waals surface area contributed by atoms with Crippen molar-refractivity contribution in [1.82, 2.24) is 0 Å². The molecule has 0 fully saturated rings. The van der Waals surface area contributed by atoms with Crippen LogP contribution in [0, 0.1) is 22.7 Å². The van der Waals surface area contributed by atoms with E-state index in [1.807, 2.05) is 69.2 Å². The fraction of sp³-hybridized carbons (Fsp3) is 0.947. The molecule has 6 heteroatoms. The Balaban J connectivity index is 5.33. The van der Waals surface area contributed by atoms with E-state index in [4.69, 9.17) is 9.05 Å². The molecule has 0 bridgehead atoms. The third-order valence-corrected chi connectivity index (χ3v) is 10.5. The molecule has 25 heavy (non-hydrogen) atoms. The molecule has 0 aliphatic rings. The van der Waals surface area contributed by atoms with Gasteiger partial charge in [0.2, 0.25) is 0 Å². The van der Waals surface area contributed by atoms with Crippen molar-refractivity contribution in [3.63, 3.8) is 0 Å². The van der Waals surface area contributed by atoms with Crippen LogP contribution in [0.25, 0.3) is 0 Å². The number of ketones is 1. The van der Waals surface area contributed by atoms with Crippen LogP contribution >= 0.6 is 6.29 Å². The van der Waals surface area contributed by atoms with Gasteiger partial charge >= 0.3 is 161 Å². The molecule has 0 aromatic heterocycles. The first-order valence-electron chi connectivity index (χ1n) is 9.15. The maximum absolute atomic E-state index is 13.4. The van der Waals surface area contributed by atoms with Gasteiger partial charge in [-0.15, -0.1) is 0 Å². The molecule has 0 saturated carbocycles. The summed E-state index contributed by atoms with van der Waals surface area (Å²) in [6, 6.07) is 0. The predicted octanol–water partition coefficient (Wildman–Crippen LogP) is 5.98. The molecule has 0 aliphatic carbocycles. The minimum absolute atomic E-state index is 0.105. The number of Topliss-reactive ketones (excluding diaryl/α,β-unsaturated/α-hetero) is 1. The molecule has 4 nitrogen and oxygen atoms in total. The molecule has 0 rings (SSSR count). The van der Waals surface area contributed by atoms with Crippen molar-refractivity contribution in [3.8, 4) is 0 Å². The van der Waals surface area contributed by atoms with Gasteiger partial charge in [-0.3, -0.25) is 0 Å². The van der Waals surface area contributed by atoms with Crippen LogP contribution in [0.3, 0.4) is 0 Å². The topological polar surface area (TPSA) is 52.6 Å². The van der Waals surface area contributed by atoms with Crippen LogP contribution < -0.4 is 0 Å². The Hall–Kier alpha value is 0.339. The van der Waals surface area contributed by atoms with E-state index in [-0.39, 0.29) is 27.3 Å². The molecule has 0 amide bonds. The predicted molar refractivity (Wildman–Crippen MR) is 107 cm³/mol. The third-order valence-electron chi connectivity index (χ3n) is 3.09. The fourth-order valence-corrected chi connectivity index (χ4v) is 9.43. The van der Waals surface area contributed by atoms with Gasteiger partial charge in [0, 0.05) is 0 Å². The van der Waals surface area contributed by atoms with Crippen molar-refractivity contribution >= 4 is 26.6 Å².